The van der Waals surface area contributed by atoms with Crippen LogP contribution in [0.4, 0.5) is 8.78 Å². The Balaban J connectivity index is 1.24. The van der Waals surface area contributed by atoms with Crippen LogP contribution in [0.3, 0.4) is 0 Å². The minimum absolute atomic E-state index is 0.0902. The minimum atomic E-state index is -0.787. The number of halogens is 2. The number of fused-ring (bicyclic) bond motifs is 3. The number of benzene rings is 1. The summed E-state index contributed by atoms with van der Waals surface area (Å²) in [4.78, 5) is 31.2. The average Bonchev–Trinajstić information content (AvgIpc) is 3.05. The highest BCUT2D eigenvalue weighted by atomic mass is 19.1. The van der Waals surface area contributed by atoms with E-state index in [0.717, 1.165) is 18.9 Å². The summed E-state index contributed by atoms with van der Waals surface area (Å²) in [5.74, 6) is -1.23. The van der Waals surface area contributed by atoms with E-state index in [1.54, 1.807) is 16.7 Å². The molecule has 1 aliphatic carbocycles. The molecule has 1 aromatic rings. The molecule has 7 atom stereocenters. The lowest BCUT2D eigenvalue weighted by Crippen LogP contribution is -2.57. The van der Waals surface area contributed by atoms with Gasteiger partial charge in [-0.25, -0.2) is 8.78 Å². The van der Waals surface area contributed by atoms with Crippen molar-refractivity contribution in [1.82, 2.24) is 14.7 Å². The first-order valence-electron chi connectivity index (χ1n) is 10.8. The van der Waals surface area contributed by atoms with Crippen molar-refractivity contribution in [1.29, 1.82) is 5.26 Å². The fourth-order valence-electron chi connectivity index (χ4n) is 5.79. The van der Waals surface area contributed by atoms with Crippen molar-refractivity contribution in [2.45, 2.75) is 62.4 Å². The van der Waals surface area contributed by atoms with Gasteiger partial charge in [0.25, 0.3) is 0 Å². The van der Waals surface area contributed by atoms with Crippen molar-refractivity contribution in [3.8, 4) is 6.07 Å². The summed E-state index contributed by atoms with van der Waals surface area (Å²) in [7, 11) is 0. The van der Waals surface area contributed by atoms with Crippen LogP contribution >= 0.6 is 0 Å². The third kappa shape index (κ3) is 3.29. The lowest BCUT2D eigenvalue weighted by atomic mass is 10.0. The maximum Gasteiger partial charge on any atom is 0.242 e. The molecule has 1 aromatic carbocycles. The monoisotopic (exact) mass is 429 g/mol. The normalized spacial score (nSPS) is 33.4. The number of carbonyl (C=O) groups is 2. The molecule has 2 amide bonds. The van der Waals surface area contributed by atoms with E-state index in [4.69, 9.17) is 5.73 Å². The smallest absolute Gasteiger partial charge is 0.242 e. The van der Waals surface area contributed by atoms with Gasteiger partial charge >= 0.3 is 0 Å². The minimum Gasteiger partial charge on any atom is -0.330 e. The summed E-state index contributed by atoms with van der Waals surface area (Å²) in [5, 5.41) is 9.33. The highest BCUT2D eigenvalue weighted by Gasteiger charge is 2.56. The van der Waals surface area contributed by atoms with Gasteiger partial charge < -0.3 is 15.5 Å². The van der Waals surface area contributed by atoms with E-state index in [1.807, 2.05) is 4.90 Å². The molecule has 2 bridgehead atoms. The Bertz CT molecular complexity index is 961. The molecular formula is C22H25F2N5O2. The van der Waals surface area contributed by atoms with Crippen molar-refractivity contribution in [3.63, 3.8) is 0 Å². The first kappa shape index (κ1) is 20.3. The van der Waals surface area contributed by atoms with Crippen molar-refractivity contribution in [3.05, 3.63) is 35.4 Å². The van der Waals surface area contributed by atoms with Crippen molar-refractivity contribution < 1.29 is 18.4 Å². The van der Waals surface area contributed by atoms with Crippen LogP contribution in [-0.4, -0.2) is 69.8 Å². The highest BCUT2D eigenvalue weighted by Crippen LogP contribution is 2.48. The third-order valence-corrected chi connectivity index (χ3v) is 7.36. The molecule has 164 valence electrons. The molecule has 3 aliphatic heterocycles. The van der Waals surface area contributed by atoms with E-state index in [1.165, 1.54) is 12.1 Å². The zero-order valence-electron chi connectivity index (χ0n) is 17.2. The summed E-state index contributed by atoms with van der Waals surface area (Å²) in [5.41, 5.74) is 6.64. The van der Waals surface area contributed by atoms with Crippen LogP contribution in [0.15, 0.2) is 18.2 Å². The molecule has 3 heterocycles. The SMILES string of the molecule is C[C@@H](c1cc(F)cc(F)c1)N1C(=O)C2CC1CN2CC(N)C(=O)N1C(C#N)C[C@@H]2CC21. The largest absolute Gasteiger partial charge is 0.330 e. The quantitative estimate of drug-likeness (QED) is 0.758. The van der Waals surface area contributed by atoms with E-state index < -0.39 is 29.8 Å². The second-order valence-corrected chi connectivity index (χ2v) is 9.28. The molecule has 4 aliphatic rings. The molecule has 7 nitrogen and oxygen atoms in total. The lowest BCUT2D eigenvalue weighted by molar-refractivity contribution is -0.141. The molecule has 9 heteroatoms. The van der Waals surface area contributed by atoms with Crippen LogP contribution in [0.2, 0.25) is 0 Å². The topological polar surface area (TPSA) is 93.7 Å². The van der Waals surface area contributed by atoms with E-state index in [-0.39, 0.29) is 36.5 Å². The second kappa shape index (κ2) is 7.24. The van der Waals surface area contributed by atoms with Gasteiger partial charge in [0.2, 0.25) is 11.8 Å². The van der Waals surface area contributed by atoms with Crippen LogP contribution in [0.25, 0.3) is 0 Å². The van der Waals surface area contributed by atoms with Gasteiger partial charge in [-0.05, 0) is 49.8 Å². The molecule has 0 aromatic heterocycles. The predicted octanol–water partition coefficient (Wildman–Crippen LogP) is 1.15. The molecule has 3 saturated heterocycles. The number of hydrogen-bond donors (Lipinski definition) is 1. The maximum absolute atomic E-state index is 13.6. The van der Waals surface area contributed by atoms with Crippen LogP contribution in [0, 0.1) is 28.9 Å². The van der Waals surface area contributed by atoms with Gasteiger partial charge in [0.15, 0.2) is 0 Å². The average molecular weight is 429 g/mol. The number of nitrogens with zero attached hydrogens (tertiary/aromatic N) is 4. The van der Waals surface area contributed by atoms with Gasteiger partial charge in [0, 0.05) is 31.2 Å². The zero-order chi connectivity index (χ0) is 22.0. The van der Waals surface area contributed by atoms with E-state index in [2.05, 4.69) is 6.07 Å². The molecule has 1 saturated carbocycles. The summed E-state index contributed by atoms with van der Waals surface area (Å²) in [6.07, 6.45) is 2.27. The fraction of sp³-hybridized carbons (Fsp3) is 0.591. The lowest BCUT2D eigenvalue weighted by Gasteiger charge is -2.38. The molecule has 4 fully saturated rings. The van der Waals surface area contributed by atoms with E-state index in [0.29, 0.717) is 24.4 Å². The summed E-state index contributed by atoms with van der Waals surface area (Å²) < 4.78 is 27.3. The summed E-state index contributed by atoms with van der Waals surface area (Å²) in [6, 6.07) is 3.56. The Morgan fingerprint density at radius 3 is 2.61 bits per heavy atom. The Morgan fingerprint density at radius 2 is 1.97 bits per heavy atom. The van der Waals surface area contributed by atoms with Gasteiger partial charge in [0.05, 0.1) is 24.2 Å². The number of nitrogens with two attached hydrogens (primary N) is 1. The van der Waals surface area contributed by atoms with E-state index >= 15 is 0 Å². The van der Waals surface area contributed by atoms with Gasteiger partial charge in [-0.15, -0.1) is 0 Å². The van der Waals surface area contributed by atoms with Crippen LogP contribution in [-0.2, 0) is 9.59 Å². The molecule has 0 spiro atoms. The van der Waals surface area contributed by atoms with Crippen molar-refractivity contribution in [2.24, 2.45) is 11.7 Å². The Kier molecular flexibility index (Phi) is 4.75. The molecule has 5 rings (SSSR count). The van der Waals surface area contributed by atoms with Crippen LogP contribution < -0.4 is 5.73 Å². The number of carbonyl (C=O) groups excluding carboxylic acids is 2. The highest BCUT2D eigenvalue weighted by molar-refractivity contribution is 5.87. The van der Waals surface area contributed by atoms with Crippen molar-refractivity contribution in [2.75, 3.05) is 13.1 Å². The third-order valence-electron chi connectivity index (χ3n) is 7.36. The number of likely N-dealkylation sites (tertiary alicyclic amines) is 3. The van der Waals surface area contributed by atoms with Crippen LogP contribution in [0.5, 0.6) is 0 Å². The molecular weight excluding hydrogens is 404 g/mol. The van der Waals surface area contributed by atoms with Gasteiger partial charge in [-0.1, -0.05) is 0 Å². The summed E-state index contributed by atoms with van der Waals surface area (Å²) in [6.45, 7) is 2.59. The first-order chi connectivity index (χ1) is 14.8. The second-order valence-electron chi connectivity index (χ2n) is 9.28. The Labute approximate surface area is 179 Å². The number of piperidine rings is 1. The zero-order valence-corrected chi connectivity index (χ0v) is 17.2. The van der Waals surface area contributed by atoms with E-state index in [9.17, 15) is 23.6 Å². The van der Waals surface area contributed by atoms with Gasteiger partial charge in [0.1, 0.15) is 17.7 Å². The fourth-order valence-corrected chi connectivity index (χ4v) is 5.79. The van der Waals surface area contributed by atoms with Crippen LogP contribution in [0.1, 0.15) is 37.8 Å². The first-order valence-corrected chi connectivity index (χ1v) is 10.8. The Morgan fingerprint density at radius 1 is 1.26 bits per heavy atom. The number of rotatable bonds is 5. The Hall–Kier alpha value is -2.57. The number of nitriles is 1. The van der Waals surface area contributed by atoms with Gasteiger partial charge in [-0.3, -0.25) is 14.5 Å². The standard InChI is InChI=1S/C22H25F2N5O2/c1-11(12-2-14(23)6-15(24)3-12)28-17-7-20(22(28)31)27(9-17)10-18(26)21(30)29-16(8-25)4-13-5-19(13)29/h2-3,6,11,13,16-20H,4-5,7,9-10,26H2,1H3/t11-,13+,16?,17?,18?,19?,20?/m0/s1. The molecule has 2 N–H and O–H groups in total. The van der Waals surface area contributed by atoms with Gasteiger partial charge in [-0.2, -0.15) is 5.26 Å². The summed E-state index contributed by atoms with van der Waals surface area (Å²) >= 11 is 0. The number of amides is 2. The van der Waals surface area contributed by atoms with Crippen molar-refractivity contribution >= 4 is 11.8 Å². The number of piperazine rings is 1. The maximum atomic E-state index is 13.6. The molecule has 5 unspecified atom stereocenters. The molecule has 0 radical (unpaired) electrons. The number of hydrogen-bond acceptors (Lipinski definition) is 5. The molecule has 31 heavy (non-hydrogen) atoms. The predicted molar refractivity (Wildman–Crippen MR) is 106 cm³/mol.